The second kappa shape index (κ2) is 6.79. The molecule has 1 saturated heterocycles. The summed E-state index contributed by atoms with van der Waals surface area (Å²) in [5, 5.41) is 10.9. The molecule has 4 rings (SSSR count). The highest BCUT2D eigenvalue weighted by Gasteiger charge is 2.33. The molecule has 7 nitrogen and oxygen atoms in total. The van der Waals surface area contributed by atoms with Gasteiger partial charge in [-0.15, -0.1) is 0 Å². The van der Waals surface area contributed by atoms with Crippen molar-refractivity contribution in [2.24, 2.45) is 0 Å². The first-order valence-electron chi connectivity index (χ1n) is 8.95. The zero-order valence-corrected chi connectivity index (χ0v) is 16.3. The minimum absolute atomic E-state index is 0.00491. The quantitative estimate of drug-likeness (QED) is 0.441. The Bertz CT molecular complexity index is 1080. The van der Waals surface area contributed by atoms with Gasteiger partial charge in [0.2, 0.25) is 0 Å². The summed E-state index contributed by atoms with van der Waals surface area (Å²) in [6.07, 6.45) is 4.35. The van der Waals surface area contributed by atoms with Gasteiger partial charge >= 0.3 is 0 Å². The summed E-state index contributed by atoms with van der Waals surface area (Å²) in [6.45, 7) is 0. The first kappa shape index (κ1) is 18.2. The molecule has 0 bridgehead atoms. The Labute approximate surface area is 162 Å². The normalized spacial score (nSPS) is 21.0. The van der Waals surface area contributed by atoms with E-state index in [0.717, 1.165) is 36.9 Å². The van der Waals surface area contributed by atoms with Gasteiger partial charge in [-0.05, 0) is 44.2 Å². The number of aromatic nitrogens is 2. The molecule has 0 saturated carbocycles. The van der Waals surface area contributed by atoms with E-state index in [1.807, 2.05) is 0 Å². The highest BCUT2D eigenvalue weighted by atomic mass is 32.2. The van der Waals surface area contributed by atoms with E-state index in [4.69, 9.17) is 12.2 Å². The van der Waals surface area contributed by atoms with Crippen LogP contribution in [0, 0.1) is 14.8 Å². The van der Waals surface area contributed by atoms with Crippen LogP contribution in [-0.4, -0.2) is 34.4 Å². The zero-order chi connectivity index (χ0) is 19.2. The van der Waals surface area contributed by atoms with Gasteiger partial charge in [-0.25, -0.2) is 13.4 Å². The Kier molecular flexibility index (Phi) is 4.59. The Morgan fingerprint density at radius 1 is 1.19 bits per heavy atom. The van der Waals surface area contributed by atoms with Crippen LogP contribution in [0.2, 0.25) is 0 Å². The van der Waals surface area contributed by atoms with E-state index in [0.29, 0.717) is 22.4 Å². The largest absolute Gasteiger partial charge is 0.325 e. The molecule has 142 valence electrons. The summed E-state index contributed by atoms with van der Waals surface area (Å²) in [4.78, 5) is 15.1. The van der Waals surface area contributed by atoms with Gasteiger partial charge in [0, 0.05) is 29.0 Å². The van der Waals surface area contributed by atoms with Gasteiger partial charge in [0.1, 0.15) is 10.5 Å². The van der Waals surface area contributed by atoms with Gasteiger partial charge in [0.05, 0.1) is 22.5 Å². The van der Waals surface area contributed by atoms with Crippen molar-refractivity contribution in [2.45, 2.75) is 38.1 Å². The number of benzene rings is 1. The average molecular weight is 406 g/mol. The number of nitro benzene ring substituents is 1. The predicted octanol–water partition coefficient (Wildman–Crippen LogP) is 3.43. The fraction of sp³-hybridized carbons (Fsp3) is 0.444. The molecule has 0 amide bonds. The van der Waals surface area contributed by atoms with E-state index in [1.165, 1.54) is 12.1 Å². The Balaban J connectivity index is 1.91. The Morgan fingerprint density at radius 3 is 2.52 bits per heavy atom. The molecular weight excluding hydrogens is 386 g/mol. The van der Waals surface area contributed by atoms with Crippen LogP contribution >= 0.6 is 12.2 Å². The second-order valence-electron chi connectivity index (χ2n) is 7.10. The van der Waals surface area contributed by atoms with Crippen molar-refractivity contribution in [3.63, 3.8) is 0 Å². The molecule has 0 radical (unpaired) electrons. The minimum atomic E-state index is -3.06. The van der Waals surface area contributed by atoms with E-state index in [9.17, 15) is 18.5 Å². The zero-order valence-electron chi connectivity index (χ0n) is 14.6. The number of nitro groups is 1. The van der Waals surface area contributed by atoms with Crippen molar-refractivity contribution in [3.05, 3.63) is 50.3 Å². The summed E-state index contributed by atoms with van der Waals surface area (Å²) in [5.41, 5.74) is 2.84. The van der Waals surface area contributed by atoms with Crippen molar-refractivity contribution >= 4 is 27.7 Å². The third-order valence-corrected chi connectivity index (χ3v) is 7.42. The van der Waals surface area contributed by atoms with Crippen LogP contribution in [0.15, 0.2) is 24.3 Å². The molecule has 0 spiro atoms. The first-order valence-corrected chi connectivity index (χ1v) is 11.2. The molecular formula is C18H19N3O4S2. The molecule has 1 aromatic heterocycles. The van der Waals surface area contributed by atoms with Gasteiger partial charge in [-0.2, -0.15) is 0 Å². The van der Waals surface area contributed by atoms with Gasteiger partial charge < -0.3 is 4.57 Å². The topological polar surface area (TPSA) is 95.1 Å². The van der Waals surface area contributed by atoms with Gasteiger partial charge in [-0.3, -0.25) is 10.1 Å². The maximum Gasteiger partial charge on any atom is 0.269 e. The number of nitrogens with zero attached hydrogens (tertiary/aromatic N) is 3. The van der Waals surface area contributed by atoms with Crippen molar-refractivity contribution in [3.8, 4) is 11.4 Å². The maximum atomic E-state index is 12.1. The van der Waals surface area contributed by atoms with E-state index < -0.39 is 14.8 Å². The third kappa shape index (κ3) is 3.41. The van der Waals surface area contributed by atoms with Crippen molar-refractivity contribution in [1.82, 2.24) is 9.55 Å². The number of hydrogen-bond donors (Lipinski definition) is 0. The van der Waals surface area contributed by atoms with E-state index in [2.05, 4.69) is 9.55 Å². The molecule has 0 N–H and O–H groups in total. The predicted molar refractivity (Wildman–Crippen MR) is 104 cm³/mol. The fourth-order valence-electron chi connectivity index (χ4n) is 4.04. The molecule has 1 aliphatic carbocycles. The number of fused-ring (bicyclic) bond motifs is 1. The average Bonchev–Trinajstić information content (AvgIpc) is 3.01. The fourth-order valence-corrected chi connectivity index (χ4v) is 6.05. The summed E-state index contributed by atoms with van der Waals surface area (Å²) in [7, 11) is -3.06. The van der Waals surface area contributed by atoms with Gasteiger partial charge in [0.15, 0.2) is 9.84 Å². The number of rotatable bonds is 3. The molecule has 1 aromatic carbocycles. The van der Waals surface area contributed by atoms with Crippen molar-refractivity contribution < 1.29 is 13.3 Å². The molecule has 1 unspecified atom stereocenters. The summed E-state index contributed by atoms with van der Waals surface area (Å²) >= 11 is 5.52. The van der Waals surface area contributed by atoms with Crippen LogP contribution in [-0.2, 0) is 22.7 Å². The van der Waals surface area contributed by atoms with Crippen LogP contribution < -0.4 is 0 Å². The highest BCUT2D eigenvalue weighted by molar-refractivity contribution is 7.91. The van der Waals surface area contributed by atoms with Gasteiger partial charge in [-0.1, -0.05) is 12.2 Å². The molecule has 2 aliphatic rings. The summed E-state index contributed by atoms with van der Waals surface area (Å²) < 4.78 is 26.8. The first-order chi connectivity index (χ1) is 12.9. The smallest absolute Gasteiger partial charge is 0.269 e. The summed E-state index contributed by atoms with van der Waals surface area (Å²) in [5.74, 6) is 0.884. The number of non-ortho nitro benzene ring substituents is 1. The van der Waals surface area contributed by atoms with Crippen molar-refractivity contribution in [2.75, 3.05) is 11.5 Å². The monoisotopic (exact) mass is 405 g/mol. The lowest BCUT2D eigenvalue weighted by atomic mass is 9.95. The Morgan fingerprint density at radius 2 is 1.89 bits per heavy atom. The van der Waals surface area contributed by atoms with Crippen LogP contribution in [0.4, 0.5) is 5.69 Å². The third-order valence-electron chi connectivity index (χ3n) is 5.33. The van der Waals surface area contributed by atoms with Crippen LogP contribution in [0.5, 0.6) is 0 Å². The van der Waals surface area contributed by atoms with Crippen LogP contribution in [0.25, 0.3) is 11.4 Å². The van der Waals surface area contributed by atoms with Crippen LogP contribution in [0.3, 0.4) is 0 Å². The maximum absolute atomic E-state index is 12.1. The highest BCUT2D eigenvalue weighted by Crippen LogP contribution is 2.34. The molecule has 1 fully saturated rings. The second-order valence-corrected chi connectivity index (χ2v) is 9.72. The Hall–Kier alpha value is -2.13. The lowest BCUT2D eigenvalue weighted by molar-refractivity contribution is -0.384. The van der Waals surface area contributed by atoms with E-state index in [1.54, 1.807) is 12.1 Å². The van der Waals surface area contributed by atoms with Gasteiger partial charge in [0.25, 0.3) is 5.69 Å². The van der Waals surface area contributed by atoms with E-state index >= 15 is 0 Å². The van der Waals surface area contributed by atoms with Crippen molar-refractivity contribution in [1.29, 1.82) is 0 Å². The van der Waals surface area contributed by atoms with E-state index in [-0.39, 0.29) is 23.2 Å². The lowest BCUT2D eigenvalue weighted by Gasteiger charge is -2.28. The molecule has 9 heteroatoms. The SMILES string of the molecule is O=[N+]([O-])c1ccc(-c2nc(=S)c3c(n2C2CCS(=O)(=O)C2)CCCC3)cc1. The molecule has 1 aliphatic heterocycles. The molecule has 2 heterocycles. The summed E-state index contributed by atoms with van der Waals surface area (Å²) in [6, 6.07) is 6.02. The molecule has 27 heavy (non-hydrogen) atoms. The number of hydrogen-bond acceptors (Lipinski definition) is 6. The standard InChI is InChI=1S/C18H19N3O4S2/c22-21(23)13-7-5-12(6-8-13)17-19-18(26)15-3-1-2-4-16(15)20(17)14-9-10-27(24,25)11-14/h5-8,14H,1-4,9-11H2. The number of sulfone groups is 1. The minimum Gasteiger partial charge on any atom is -0.325 e. The molecule has 2 aromatic rings. The molecule has 1 atom stereocenters. The lowest BCUT2D eigenvalue weighted by Crippen LogP contribution is -2.23. The van der Waals surface area contributed by atoms with Crippen LogP contribution in [0.1, 0.15) is 36.6 Å².